The number of aromatic hydroxyl groups is 1. The first kappa shape index (κ1) is 12.0. The molecule has 0 bridgehead atoms. The van der Waals surface area contributed by atoms with Gasteiger partial charge in [0.1, 0.15) is 10.5 Å². The highest BCUT2D eigenvalue weighted by Crippen LogP contribution is 2.26. The second-order valence-corrected chi connectivity index (χ2v) is 6.26. The fourth-order valence-corrected chi connectivity index (χ4v) is 2.17. The van der Waals surface area contributed by atoms with Crippen LogP contribution in [0.3, 0.4) is 0 Å². The zero-order valence-electron chi connectivity index (χ0n) is 8.90. The Morgan fingerprint density at radius 3 is 3.00 bits per heavy atom. The summed E-state index contributed by atoms with van der Waals surface area (Å²) in [6, 6.07) is 5.36. The third kappa shape index (κ3) is 3.90. The van der Waals surface area contributed by atoms with E-state index in [4.69, 9.17) is 8.85 Å². The van der Waals surface area contributed by atoms with Crippen molar-refractivity contribution in [1.82, 2.24) is 0 Å². The van der Waals surface area contributed by atoms with E-state index >= 15 is 0 Å². The second-order valence-electron chi connectivity index (χ2n) is 3.14. The van der Waals surface area contributed by atoms with Gasteiger partial charge in [-0.2, -0.15) is 0 Å². The van der Waals surface area contributed by atoms with Gasteiger partial charge in [-0.15, -0.1) is 6.58 Å². The molecule has 5 heteroatoms. The molecule has 0 heterocycles. The van der Waals surface area contributed by atoms with Crippen molar-refractivity contribution in [2.45, 2.75) is 6.42 Å². The minimum atomic E-state index is -0.554. The Kier molecular flexibility index (Phi) is 5.16. The summed E-state index contributed by atoms with van der Waals surface area (Å²) < 4.78 is 10.6. The lowest BCUT2D eigenvalue weighted by Gasteiger charge is -2.08. The first-order valence-corrected chi connectivity index (χ1v) is 7.22. The van der Waals surface area contributed by atoms with E-state index in [-0.39, 0.29) is 5.75 Å². The summed E-state index contributed by atoms with van der Waals surface area (Å²) in [5.74, 6) is 0.728. The molecule has 1 aromatic rings. The van der Waals surface area contributed by atoms with Gasteiger partial charge in [0, 0.05) is 0 Å². The predicted molar refractivity (Wildman–Crippen MR) is 67.1 cm³/mol. The van der Waals surface area contributed by atoms with Crippen LogP contribution in [0.1, 0.15) is 5.56 Å². The fraction of sp³-hybridized carbons (Fsp3) is 0.200. The molecule has 0 spiro atoms. The van der Waals surface area contributed by atoms with E-state index in [0.29, 0.717) is 12.0 Å². The van der Waals surface area contributed by atoms with E-state index in [9.17, 15) is 5.11 Å². The Labute approximate surface area is 95.2 Å². The topological polar surface area (TPSA) is 38.7 Å². The van der Waals surface area contributed by atoms with Gasteiger partial charge in [-0.1, -0.05) is 12.1 Å². The van der Waals surface area contributed by atoms with Crippen LogP contribution in [-0.4, -0.2) is 31.6 Å². The first-order chi connectivity index (χ1) is 7.27. The summed E-state index contributed by atoms with van der Waals surface area (Å²) >= 11 is 0. The molecule has 0 saturated carbocycles. The van der Waals surface area contributed by atoms with E-state index < -0.39 is 9.76 Å². The first-order valence-electron chi connectivity index (χ1n) is 4.82. The van der Waals surface area contributed by atoms with Gasteiger partial charge in [0.15, 0.2) is 21.3 Å². The lowest BCUT2D eigenvalue weighted by molar-refractivity contribution is 0.343. The number of benzene rings is 1. The van der Waals surface area contributed by atoms with Gasteiger partial charge in [0.2, 0.25) is 0 Å². The average Bonchev–Trinajstić information content (AvgIpc) is 2.23. The summed E-state index contributed by atoms with van der Waals surface area (Å²) in [5, 5.41) is 9.53. The molecular weight excluding hydrogens is 224 g/mol. The summed E-state index contributed by atoms with van der Waals surface area (Å²) in [7, 11) is 0.215. The largest absolute Gasteiger partial charge is 0.504 e. The van der Waals surface area contributed by atoms with E-state index in [1.54, 1.807) is 6.07 Å². The molecule has 0 radical (unpaired) electrons. The quantitative estimate of drug-likeness (QED) is 0.426. The molecule has 0 saturated heterocycles. The maximum absolute atomic E-state index is 9.53. The van der Waals surface area contributed by atoms with Crippen molar-refractivity contribution < 1.29 is 14.0 Å². The molecule has 0 aliphatic rings. The Bertz CT molecular complexity index is 328. The third-order valence-corrected chi connectivity index (χ3v) is 3.95. The van der Waals surface area contributed by atoms with E-state index in [2.05, 4.69) is 6.58 Å². The molecule has 1 aromatic carbocycles. The maximum Gasteiger partial charge on any atom is 0.186 e. The molecule has 3 nitrogen and oxygen atoms in total. The van der Waals surface area contributed by atoms with Crippen LogP contribution in [0.4, 0.5) is 0 Å². The molecule has 0 aromatic heterocycles. The van der Waals surface area contributed by atoms with Crippen LogP contribution in [0.5, 0.6) is 11.5 Å². The van der Waals surface area contributed by atoms with Crippen LogP contribution in [0.15, 0.2) is 30.9 Å². The summed E-state index contributed by atoms with van der Waals surface area (Å²) in [6.45, 7) is 3.67. The molecule has 0 aliphatic carbocycles. The highest BCUT2D eigenvalue weighted by Gasteiger charge is 2.03. The van der Waals surface area contributed by atoms with Gasteiger partial charge in [-0.3, -0.25) is 0 Å². The number of ether oxygens (including phenoxy) is 1. The Morgan fingerprint density at radius 2 is 2.33 bits per heavy atom. The third-order valence-electron chi connectivity index (χ3n) is 1.95. The molecule has 0 aliphatic heterocycles. The highest BCUT2D eigenvalue weighted by atomic mass is 28.3. The Hall–Kier alpha value is -1.05. The molecule has 1 N–H and O–H groups in total. The monoisotopic (exact) mass is 240 g/mol. The van der Waals surface area contributed by atoms with Crippen LogP contribution in [0, 0.1) is 0 Å². The molecule has 0 unspecified atom stereocenters. The standard InChI is InChI=1S/C10H16O3Si2/c1-2-3-8-4-5-9(11)10(6-8)12-7-15-13-14/h2,4-6,11H,1,3,7,15H2,14H3. The lowest BCUT2D eigenvalue weighted by atomic mass is 10.1. The Balaban J connectivity index is 2.67. The van der Waals surface area contributed by atoms with E-state index in [0.717, 1.165) is 22.5 Å². The van der Waals surface area contributed by atoms with Crippen molar-refractivity contribution in [2.75, 3.05) is 6.23 Å². The van der Waals surface area contributed by atoms with Crippen molar-refractivity contribution >= 4 is 20.2 Å². The van der Waals surface area contributed by atoms with Crippen molar-refractivity contribution in [1.29, 1.82) is 0 Å². The number of hydrogen-bond acceptors (Lipinski definition) is 3. The lowest BCUT2D eigenvalue weighted by Crippen LogP contribution is -2.09. The SMILES string of the molecule is C=CCc1ccc(O)c(OC[SiH2]O[SiH3])c1. The van der Waals surface area contributed by atoms with Gasteiger partial charge in [-0.05, 0) is 24.1 Å². The number of phenolic OH excluding ortho intramolecular Hbond substituents is 1. The maximum atomic E-state index is 9.53. The average molecular weight is 240 g/mol. The van der Waals surface area contributed by atoms with Crippen LogP contribution in [0.25, 0.3) is 0 Å². The second kappa shape index (κ2) is 6.44. The van der Waals surface area contributed by atoms with Crippen LogP contribution >= 0.6 is 0 Å². The summed E-state index contributed by atoms with van der Waals surface area (Å²) in [5.41, 5.74) is 1.09. The number of allylic oxidation sites excluding steroid dienone is 1. The van der Waals surface area contributed by atoms with Gasteiger partial charge in [-0.25, -0.2) is 0 Å². The van der Waals surface area contributed by atoms with Crippen molar-refractivity contribution in [3.8, 4) is 11.5 Å². The zero-order valence-corrected chi connectivity index (χ0v) is 12.3. The van der Waals surface area contributed by atoms with Crippen molar-refractivity contribution in [3.05, 3.63) is 36.4 Å². The van der Waals surface area contributed by atoms with Crippen LogP contribution in [0.2, 0.25) is 0 Å². The van der Waals surface area contributed by atoms with Crippen molar-refractivity contribution in [3.63, 3.8) is 0 Å². The molecule has 0 fully saturated rings. The molecule has 82 valence electrons. The molecule has 15 heavy (non-hydrogen) atoms. The van der Waals surface area contributed by atoms with Gasteiger partial charge in [0.05, 0.1) is 6.23 Å². The zero-order chi connectivity index (χ0) is 11.1. The van der Waals surface area contributed by atoms with Crippen LogP contribution in [-0.2, 0) is 10.5 Å². The number of phenols is 1. The minimum absolute atomic E-state index is 0.185. The molecule has 0 amide bonds. The molecular formula is C10H16O3Si2. The summed E-state index contributed by atoms with van der Waals surface area (Å²) in [4.78, 5) is 0. The molecule has 1 rings (SSSR count). The smallest absolute Gasteiger partial charge is 0.186 e. The molecule has 0 atom stereocenters. The van der Waals surface area contributed by atoms with E-state index in [1.165, 1.54) is 0 Å². The van der Waals surface area contributed by atoms with Gasteiger partial charge >= 0.3 is 0 Å². The number of rotatable bonds is 6. The fourth-order valence-electron chi connectivity index (χ4n) is 1.20. The van der Waals surface area contributed by atoms with Crippen molar-refractivity contribution in [2.24, 2.45) is 0 Å². The minimum Gasteiger partial charge on any atom is -0.504 e. The predicted octanol–water partition coefficient (Wildman–Crippen LogP) is -0.162. The van der Waals surface area contributed by atoms with E-state index in [1.807, 2.05) is 18.2 Å². The Morgan fingerprint density at radius 1 is 1.53 bits per heavy atom. The highest BCUT2D eigenvalue weighted by molar-refractivity contribution is 6.34. The van der Waals surface area contributed by atoms with Gasteiger partial charge < -0.3 is 14.0 Å². The summed E-state index contributed by atoms with van der Waals surface area (Å²) in [6.07, 6.45) is 3.21. The van der Waals surface area contributed by atoms with Gasteiger partial charge in [0.25, 0.3) is 0 Å². The number of hydrogen-bond donors (Lipinski definition) is 1. The normalized spacial score (nSPS) is 10.9. The van der Waals surface area contributed by atoms with Crippen LogP contribution < -0.4 is 4.74 Å².